The van der Waals surface area contributed by atoms with Crippen molar-refractivity contribution in [3.05, 3.63) is 36.0 Å². The second kappa shape index (κ2) is 8.12. The molecule has 0 spiro atoms. The number of ketones is 1. The Balaban J connectivity index is 2.41. The summed E-state index contributed by atoms with van der Waals surface area (Å²) in [6, 6.07) is 0. The van der Waals surface area contributed by atoms with Crippen LogP contribution in [0.5, 0.6) is 0 Å². The molecular formula is C19H22O7. The largest absolute Gasteiger partial charge is 0.461 e. The van der Waals surface area contributed by atoms with Crippen LogP contribution in [0.25, 0.3) is 0 Å². The highest BCUT2D eigenvalue weighted by atomic mass is 16.6. The highest BCUT2D eigenvalue weighted by Crippen LogP contribution is 2.36. The molecule has 0 amide bonds. The molecule has 1 heterocycles. The summed E-state index contributed by atoms with van der Waals surface area (Å²) in [5.41, 5.74) is 1.11. The zero-order valence-corrected chi connectivity index (χ0v) is 14.9. The van der Waals surface area contributed by atoms with Crippen LogP contribution in [0.2, 0.25) is 0 Å². The van der Waals surface area contributed by atoms with E-state index in [0.717, 1.165) is 0 Å². The molecular weight excluding hydrogens is 340 g/mol. The summed E-state index contributed by atoms with van der Waals surface area (Å²) in [4.78, 5) is 46.9. The molecule has 7 nitrogen and oxygen atoms in total. The first-order valence-corrected chi connectivity index (χ1v) is 8.30. The molecule has 0 aromatic rings. The van der Waals surface area contributed by atoms with E-state index in [4.69, 9.17) is 14.2 Å². The first-order valence-electron chi connectivity index (χ1n) is 8.30. The van der Waals surface area contributed by atoms with Crippen molar-refractivity contribution in [1.29, 1.82) is 0 Å². The molecule has 0 bridgehead atoms. The van der Waals surface area contributed by atoms with Crippen LogP contribution in [0, 0.1) is 5.92 Å². The van der Waals surface area contributed by atoms with Crippen molar-refractivity contribution in [2.24, 2.45) is 5.92 Å². The Labute approximate surface area is 151 Å². The van der Waals surface area contributed by atoms with Crippen molar-refractivity contribution in [3.63, 3.8) is 0 Å². The lowest BCUT2D eigenvalue weighted by atomic mass is 9.84. The van der Waals surface area contributed by atoms with E-state index in [0.29, 0.717) is 17.6 Å². The minimum atomic E-state index is -0.794. The van der Waals surface area contributed by atoms with Gasteiger partial charge < -0.3 is 14.2 Å². The summed E-state index contributed by atoms with van der Waals surface area (Å²) in [7, 11) is 0. The van der Waals surface area contributed by atoms with E-state index >= 15 is 0 Å². The SMILES string of the molecule is C=C1C[C@H](OC(C)=O)[C@H]2C(=C)C(=O)O[C@@H]2/C=C(\COC(C)=O)CCC1=O. The van der Waals surface area contributed by atoms with Crippen molar-refractivity contribution in [2.45, 2.75) is 45.3 Å². The maximum Gasteiger partial charge on any atom is 0.334 e. The average Bonchev–Trinajstić information content (AvgIpc) is 2.82. The molecule has 7 heteroatoms. The molecule has 1 aliphatic carbocycles. The molecule has 26 heavy (non-hydrogen) atoms. The topological polar surface area (TPSA) is 96.0 Å². The molecule has 1 fully saturated rings. The number of carbonyl (C=O) groups is 4. The van der Waals surface area contributed by atoms with Crippen molar-refractivity contribution in [3.8, 4) is 0 Å². The van der Waals surface area contributed by atoms with E-state index in [-0.39, 0.29) is 30.8 Å². The normalized spacial score (nSPS) is 28.5. The maximum atomic E-state index is 12.3. The van der Waals surface area contributed by atoms with Gasteiger partial charge in [0, 0.05) is 32.3 Å². The number of fused-ring (bicyclic) bond motifs is 1. The van der Waals surface area contributed by atoms with Gasteiger partial charge in [0.25, 0.3) is 0 Å². The lowest BCUT2D eigenvalue weighted by molar-refractivity contribution is -0.149. The third-order valence-electron chi connectivity index (χ3n) is 4.36. The molecule has 2 aliphatic rings. The highest BCUT2D eigenvalue weighted by molar-refractivity contribution is 5.95. The van der Waals surface area contributed by atoms with Crippen LogP contribution in [0.1, 0.15) is 33.1 Å². The first-order chi connectivity index (χ1) is 12.2. The van der Waals surface area contributed by atoms with Gasteiger partial charge in [-0.25, -0.2) is 4.79 Å². The number of ether oxygens (including phenoxy) is 3. The third kappa shape index (κ3) is 4.68. The summed E-state index contributed by atoms with van der Waals surface area (Å²) in [6.45, 7) is 10.1. The van der Waals surface area contributed by atoms with E-state index in [1.165, 1.54) is 13.8 Å². The van der Waals surface area contributed by atoms with Crippen molar-refractivity contribution in [2.75, 3.05) is 6.61 Å². The third-order valence-corrected chi connectivity index (χ3v) is 4.36. The number of hydrogen-bond donors (Lipinski definition) is 0. The quantitative estimate of drug-likeness (QED) is 0.327. The Morgan fingerprint density at radius 3 is 2.50 bits per heavy atom. The maximum absolute atomic E-state index is 12.3. The molecule has 0 unspecified atom stereocenters. The minimum Gasteiger partial charge on any atom is -0.461 e. The van der Waals surface area contributed by atoms with E-state index in [2.05, 4.69) is 13.2 Å². The van der Waals surface area contributed by atoms with Crippen molar-refractivity contribution >= 4 is 23.7 Å². The summed E-state index contributed by atoms with van der Waals surface area (Å²) >= 11 is 0. The van der Waals surface area contributed by atoms with Gasteiger partial charge in [0.2, 0.25) is 0 Å². The Kier molecular flexibility index (Phi) is 6.13. The van der Waals surface area contributed by atoms with Crippen LogP contribution in [-0.4, -0.2) is 42.5 Å². The van der Waals surface area contributed by atoms with Gasteiger partial charge in [-0.3, -0.25) is 14.4 Å². The van der Waals surface area contributed by atoms with Gasteiger partial charge in [0.1, 0.15) is 18.8 Å². The fourth-order valence-corrected chi connectivity index (χ4v) is 3.07. The van der Waals surface area contributed by atoms with E-state index in [1.807, 2.05) is 0 Å². The lowest BCUT2D eigenvalue weighted by Gasteiger charge is -2.27. The van der Waals surface area contributed by atoms with E-state index < -0.39 is 36.0 Å². The predicted octanol–water partition coefficient (Wildman–Crippen LogP) is 1.81. The van der Waals surface area contributed by atoms with Gasteiger partial charge in [0.05, 0.1) is 5.92 Å². The van der Waals surface area contributed by atoms with Gasteiger partial charge in [-0.05, 0) is 23.6 Å². The molecule has 1 aliphatic heterocycles. The monoisotopic (exact) mass is 362 g/mol. The number of hydrogen-bond acceptors (Lipinski definition) is 7. The predicted molar refractivity (Wildman–Crippen MR) is 90.8 cm³/mol. The standard InChI is InChI=1S/C19H22O7/c1-10-7-16(25-13(4)21)18-11(2)19(23)26-17(18)8-14(5-6-15(10)22)9-24-12(3)20/h8,16-18H,1-2,5-7,9H2,3-4H3/b14-8-/t16-,17+,18+/m0/s1. The van der Waals surface area contributed by atoms with Gasteiger partial charge in [0.15, 0.2) is 5.78 Å². The summed E-state index contributed by atoms with van der Waals surface area (Å²) in [6.07, 6.45) is 0.758. The minimum absolute atomic E-state index is 0.0133. The van der Waals surface area contributed by atoms with E-state index in [9.17, 15) is 19.2 Å². The highest BCUT2D eigenvalue weighted by Gasteiger charge is 2.44. The van der Waals surface area contributed by atoms with Gasteiger partial charge >= 0.3 is 17.9 Å². The lowest BCUT2D eigenvalue weighted by Crippen LogP contribution is -2.34. The Morgan fingerprint density at radius 1 is 1.19 bits per heavy atom. The summed E-state index contributed by atoms with van der Waals surface area (Å²) in [5.74, 6) is -2.40. The molecule has 0 aromatic carbocycles. The smallest absolute Gasteiger partial charge is 0.334 e. The van der Waals surface area contributed by atoms with Crippen molar-refractivity contribution in [1.82, 2.24) is 0 Å². The van der Waals surface area contributed by atoms with Crippen LogP contribution in [-0.2, 0) is 33.4 Å². The van der Waals surface area contributed by atoms with Crippen LogP contribution in [0.3, 0.4) is 0 Å². The molecule has 1 saturated heterocycles. The summed E-state index contributed by atoms with van der Waals surface area (Å²) in [5, 5.41) is 0. The van der Waals surface area contributed by atoms with E-state index in [1.54, 1.807) is 6.08 Å². The van der Waals surface area contributed by atoms with Crippen LogP contribution < -0.4 is 0 Å². The second-order valence-electron chi connectivity index (χ2n) is 6.40. The number of Topliss-reactive ketones (excluding diaryl/α,β-unsaturated/α-hetero) is 1. The van der Waals surface area contributed by atoms with Crippen molar-refractivity contribution < 1.29 is 33.4 Å². The average molecular weight is 362 g/mol. The van der Waals surface area contributed by atoms with Gasteiger partial charge in [-0.15, -0.1) is 0 Å². The summed E-state index contributed by atoms with van der Waals surface area (Å²) < 4.78 is 15.7. The first kappa shape index (κ1) is 19.6. The van der Waals surface area contributed by atoms with Crippen LogP contribution in [0.4, 0.5) is 0 Å². The van der Waals surface area contributed by atoms with Gasteiger partial charge in [-0.1, -0.05) is 13.2 Å². The molecule has 0 aromatic heterocycles. The van der Waals surface area contributed by atoms with Crippen LogP contribution >= 0.6 is 0 Å². The number of esters is 3. The fourth-order valence-electron chi connectivity index (χ4n) is 3.07. The Morgan fingerprint density at radius 2 is 1.88 bits per heavy atom. The zero-order valence-electron chi connectivity index (χ0n) is 14.9. The molecule has 140 valence electrons. The second-order valence-corrected chi connectivity index (χ2v) is 6.40. The number of carbonyl (C=O) groups excluding carboxylic acids is 4. The molecule has 0 saturated carbocycles. The Hall–Kier alpha value is -2.70. The molecule has 0 radical (unpaired) electrons. The number of rotatable bonds is 3. The Bertz CT molecular complexity index is 701. The zero-order chi connectivity index (χ0) is 19.4. The van der Waals surface area contributed by atoms with Crippen LogP contribution in [0.15, 0.2) is 36.0 Å². The molecule has 3 atom stereocenters. The fraction of sp³-hybridized carbons (Fsp3) is 0.474. The van der Waals surface area contributed by atoms with Gasteiger partial charge in [-0.2, -0.15) is 0 Å². The molecule has 0 N–H and O–H groups in total. The molecule has 2 rings (SSSR count).